The molecule has 0 saturated heterocycles. The van der Waals surface area contributed by atoms with Crippen molar-refractivity contribution < 1.29 is 4.74 Å². The minimum atomic E-state index is 0. The molecular weight excluding hydrogens is 391 g/mol. The average molecular weight is 414 g/mol. The number of aromatic nitrogens is 1. The van der Waals surface area contributed by atoms with E-state index in [0.29, 0.717) is 13.2 Å². The molecule has 120 valence electrons. The molecule has 6 heteroatoms. The summed E-state index contributed by atoms with van der Waals surface area (Å²) in [5.41, 5.74) is 2.13. The lowest BCUT2D eigenvalue weighted by atomic mass is 10.1. The molecule has 0 aliphatic rings. The molecule has 0 amide bonds. The number of para-hydroxylation sites is 1. The minimum absolute atomic E-state index is 0. The van der Waals surface area contributed by atoms with Gasteiger partial charge < -0.3 is 15.4 Å². The number of halogens is 1. The summed E-state index contributed by atoms with van der Waals surface area (Å²) < 4.78 is 5.04. The van der Waals surface area contributed by atoms with E-state index in [1.54, 1.807) is 7.11 Å². The van der Waals surface area contributed by atoms with Gasteiger partial charge in [0.1, 0.15) is 0 Å². The van der Waals surface area contributed by atoms with Crippen molar-refractivity contribution in [1.29, 1.82) is 0 Å². The quantitative estimate of drug-likeness (QED) is 0.330. The van der Waals surface area contributed by atoms with Gasteiger partial charge in [-0.3, -0.25) is 4.98 Å². The van der Waals surface area contributed by atoms with Gasteiger partial charge in [0, 0.05) is 31.8 Å². The lowest BCUT2D eigenvalue weighted by Gasteiger charge is -2.11. The summed E-state index contributed by atoms with van der Waals surface area (Å²) >= 11 is 0. The summed E-state index contributed by atoms with van der Waals surface area (Å²) in [6, 6.07) is 10.2. The van der Waals surface area contributed by atoms with E-state index in [4.69, 9.17) is 4.74 Å². The van der Waals surface area contributed by atoms with Crippen molar-refractivity contribution in [1.82, 2.24) is 15.6 Å². The number of benzene rings is 1. The van der Waals surface area contributed by atoms with Gasteiger partial charge in [-0.2, -0.15) is 0 Å². The van der Waals surface area contributed by atoms with Gasteiger partial charge in [0.05, 0.1) is 18.7 Å². The number of nitrogens with zero attached hydrogens (tertiary/aromatic N) is 2. The zero-order valence-electron chi connectivity index (χ0n) is 13.0. The highest BCUT2D eigenvalue weighted by atomic mass is 127. The molecule has 0 aliphatic carbocycles. The zero-order valence-corrected chi connectivity index (χ0v) is 15.3. The fraction of sp³-hybridized carbons (Fsp3) is 0.375. The third-order valence-electron chi connectivity index (χ3n) is 3.07. The molecule has 1 aromatic heterocycles. The lowest BCUT2D eigenvalue weighted by molar-refractivity contribution is 0.203. The summed E-state index contributed by atoms with van der Waals surface area (Å²) in [7, 11) is 1.69. The van der Waals surface area contributed by atoms with Crippen molar-refractivity contribution in [3.8, 4) is 0 Å². The second kappa shape index (κ2) is 10.3. The van der Waals surface area contributed by atoms with Gasteiger partial charge in [0.2, 0.25) is 0 Å². The van der Waals surface area contributed by atoms with Gasteiger partial charge in [-0.05, 0) is 18.6 Å². The first kappa shape index (κ1) is 18.6. The molecule has 1 heterocycles. The Hall–Kier alpha value is -1.41. The number of fused-ring (bicyclic) bond motifs is 1. The summed E-state index contributed by atoms with van der Waals surface area (Å²) in [5.74, 6) is 0.794. The first-order valence-corrected chi connectivity index (χ1v) is 7.19. The highest BCUT2D eigenvalue weighted by Gasteiger charge is 2.02. The normalized spacial score (nSPS) is 11.1. The number of hydrogen-bond donors (Lipinski definition) is 2. The van der Waals surface area contributed by atoms with Crippen LogP contribution in [0.3, 0.4) is 0 Å². The summed E-state index contributed by atoms with van der Waals surface area (Å²) in [4.78, 5) is 9.05. The fourth-order valence-electron chi connectivity index (χ4n) is 2.07. The van der Waals surface area contributed by atoms with Crippen LogP contribution in [0, 0.1) is 0 Å². The Morgan fingerprint density at radius 1 is 1.23 bits per heavy atom. The predicted molar refractivity (Wildman–Crippen MR) is 102 cm³/mol. The van der Waals surface area contributed by atoms with Gasteiger partial charge in [-0.25, -0.2) is 4.99 Å². The standard InChI is InChI=1S/C16H22N4O.HI/c1-3-17-16(19-10-11-21-2)20-12-14-7-4-6-13-8-5-9-18-15(13)14;/h4-9H,3,10-12H2,1-2H3,(H2,17,19,20);1H. The van der Waals surface area contributed by atoms with Crippen molar-refractivity contribution in [3.05, 3.63) is 42.1 Å². The van der Waals surface area contributed by atoms with Gasteiger partial charge in [0.15, 0.2) is 5.96 Å². The molecule has 0 bridgehead atoms. The Morgan fingerprint density at radius 2 is 2.05 bits per heavy atom. The largest absolute Gasteiger partial charge is 0.383 e. The Kier molecular flexibility index (Phi) is 8.76. The van der Waals surface area contributed by atoms with E-state index >= 15 is 0 Å². The third-order valence-corrected chi connectivity index (χ3v) is 3.07. The monoisotopic (exact) mass is 414 g/mol. The molecule has 2 rings (SSSR count). The van der Waals surface area contributed by atoms with Crippen LogP contribution < -0.4 is 10.6 Å². The molecule has 0 atom stereocenters. The summed E-state index contributed by atoms with van der Waals surface area (Å²) in [5, 5.41) is 7.60. The SMILES string of the molecule is CCNC(=NCc1cccc2cccnc12)NCCOC.I. The number of rotatable bonds is 6. The van der Waals surface area contributed by atoms with E-state index in [-0.39, 0.29) is 24.0 Å². The molecule has 2 aromatic rings. The number of nitrogens with one attached hydrogen (secondary N) is 2. The van der Waals surface area contributed by atoms with E-state index < -0.39 is 0 Å². The third kappa shape index (κ3) is 5.42. The van der Waals surface area contributed by atoms with E-state index in [2.05, 4.69) is 38.8 Å². The van der Waals surface area contributed by atoms with Crippen LogP contribution in [0.4, 0.5) is 0 Å². The fourth-order valence-corrected chi connectivity index (χ4v) is 2.07. The van der Waals surface area contributed by atoms with Crippen LogP contribution in [-0.4, -0.2) is 37.7 Å². The summed E-state index contributed by atoms with van der Waals surface area (Å²) in [6.07, 6.45) is 1.82. The minimum Gasteiger partial charge on any atom is -0.383 e. The molecule has 0 fully saturated rings. The van der Waals surface area contributed by atoms with Gasteiger partial charge in [0.25, 0.3) is 0 Å². The molecule has 0 spiro atoms. The van der Waals surface area contributed by atoms with Crippen LogP contribution in [0.2, 0.25) is 0 Å². The Labute approximate surface area is 148 Å². The first-order valence-electron chi connectivity index (χ1n) is 7.19. The smallest absolute Gasteiger partial charge is 0.191 e. The number of hydrogen-bond acceptors (Lipinski definition) is 3. The van der Waals surface area contributed by atoms with Crippen molar-refractivity contribution in [3.63, 3.8) is 0 Å². The Morgan fingerprint density at radius 3 is 2.82 bits per heavy atom. The Balaban J connectivity index is 0.00000242. The van der Waals surface area contributed by atoms with Crippen molar-refractivity contribution in [2.24, 2.45) is 4.99 Å². The second-order valence-corrected chi connectivity index (χ2v) is 4.61. The van der Waals surface area contributed by atoms with Crippen LogP contribution >= 0.6 is 24.0 Å². The van der Waals surface area contributed by atoms with Crippen molar-refractivity contribution in [2.75, 3.05) is 26.8 Å². The van der Waals surface area contributed by atoms with Crippen molar-refractivity contribution >= 4 is 40.8 Å². The maximum Gasteiger partial charge on any atom is 0.191 e. The number of pyridine rings is 1. The van der Waals surface area contributed by atoms with Gasteiger partial charge >= 0.3 is 0 Å². The Bertz CT molecular complexity index is 598. The van der Waals surface area contributed by atoms with E-state index in [1.807, 2.05) is 25.3 Å². The molecule has 0 unspecified atom stereocenters. The van der Waals surface area contributed by atoms with Crippen LogP contribution in [-0.2, 0) is 11.3 Å². The lowest BCUT2D eigenvalue weighted by Crippen LogP contribution is -2.38. The number of methoxy groups -OCH3 is 1. The van der Waals surface area contributed by atoms with Crippen LogP contribution in [0.1, 0.15) is 12.5 Å². The highest BCUT2D eigenvalue weighted by Crippen LogP contribution is 2.16. The molecule has 22 heavy (non-hydrogen) atoms. The second-order valence-electron chi connectivity index (χ2n) is 4.61. The molecule has 0 aliphatic heterocycles. The molecular formula is C16H23IN4O. The topological polar surface area (TPSA) is 58.5 Å². The average Bonchev–Trinajstić information content (AvgIpc) is 2.53. The van der Waals surface area contributed by atoms with Crippen LogP contribution in [0.15, 0.2) is 41.5 Å². The molecule has 2 N–H and O–H groups in total. The maximum absolute atomic E-state index is 5.04. The van der Waals surface area contributed by atoms with E-state index in [1.165, 1.54) is 0 Å². The van der Waals surface area contributed by atoms with E-state index in [9.17, 15) is 0 Å². The van der Waals surface area contributed by atoms with Crippen molar-refractivity contribution in [2.45, 2.75) is 13.5 Å². The first-order chi connectivity index (χ1) is 10.3. The highest BCUT2D eigenvalue weighted by molar-refractivity contribution is 14.0. The maximum atomic E-state index is 5.04. The molecule has 5 nitrogen and oxygen atoms in total. The van der Waals surface area contributed by atoms with Gasteiger partial charge in [-0.1, -0.05) is 24.3 Å². The zero-order chi connectivity index (χ0) is 14.9. The predicted octanol–water partition coefficient (Wildman–Crippen LogP) is 2.55. The number of guanidine groups is 1. The van der Waals surface area contributed by atoms with E-state index in [0.717, 1.165) is 35.5 Å². The molecule has 0 radical (unpaired) electrons. The van der Waals surface area contributed by atoms with Gasteiger partial charge in [-0.15, -0.1) is 24.0 Å². The molecule has 1 aromatic carbocycles. The molecule has 0 saturated carbocycles. The van der Waals surface area contributed by atoms with Crippen LogP contribution in [0.5, 0.6) is 0 Å². The number of ether oxygens (including phenoxy) is 1. The summed E-state index contributed by atoms with van der Waals surface area (Å²) in [6.45, 7) is 4.85. The number of aliphatic imine (C=N–C) groups is 1. The van der Waals surface area contributed by atoms with Crippen LogP contribution in [0.25, 0.3) is 10.9 Å².